The van der Waals surface area contributed by atoms with Gasteiger partial charge < -0.3 is 4.57 Å². The first-order valence-electron chi connectivity index (χ1n) is 4.53. The van der Waals surface area contributed by atoms with Crippen molar-refractivity contribution in [2.45, 2.75) is 6.42 Å². The highest BCUT2D eigenvalue weighted by atomic mass is 16.1. The smallest absolute Gasteiger partial charge is 0.176 e. The molecule has 15 heavy (non-hydrogen) atoms. The molecule has 0 fully saturated rings. The maximum Gasteiger partial charge on any atom is 0.176 e. The van der Waals surface area contributed by atoms with Crippen LogP contribution in [0.1, 0.15) is 16.8 Å². The highest BCUT2D eigenvalue weighted by Crippen LogP contribution is 2.14. The number of Topliss-reactive ketones (excluding diaryl/α,β-unsaturated/α-hetero) is 1. The Morgan fingerprint density at radius 3 is 3.13 bits per heavy atom. The standard InChI is InChI=1S/C11H9N3O/c1-14-7-13-9-3-2-8(6-10(9)14)11(15)4-5-12/h2-3,6-7H,4H2,1H3. The summed E-state index contributed by atoms with van der Waals surface area (Å²) in [5.74, 6) is -0.152. The van der Waals surface area contributed by atoms with Gasteiger partial charge in [-0.15, -0.1) is 0 Å². The molecule has 0 aliphatic heterocycles. The minimum Gasteiger partial charge on any atom is -0.334 e. The number of fused-ring (bicyclic) bond motifs is 1. The molecule has 1 aromatic carbocycles. The number of hydrogen-bond donors (Lipinski definition) is 0. The van der Waals surface area contributed by atoms with Crippen LogP contribution in [0.5, 0.6) is 0 Å². The molecule has 4 heteroatoms. The Morgan fingerprint density at radius 1 is 1.60 bits per heavy atom. The highest BCUT2D eigenvalue weighted by molar-refractivity contribution is 5.99. The van der Waals surface area contributed by atoms with E-state index in [0.29, 0.717) is 5.56 Å². The van der Waals surface area contributed by atoms with Gasteiger partial charge in [0, 0.05) is 12.6 Å². The molecule has 0 aliphatic carbocycles. The molecule has 0 unspecified atom stereocenters. The van der Waals surface area contributed by atoms with Gasteiger partial charge in [-0.25, -0.2) is 4.98 Å². The van der Waals surface area contributed by atoms with Gasteiger partial charge in [0.15, 0.2) is 5.78 Å². The Morgan fingerprint density at radius 2 is 2.40 bits per heavy atom. The van der Waals surface area contributed by atoms with Crippen molar-refractivity contribution in [1.29, 1.82) is 5.26 Å². The Bertz CT molecular complexity index is 563. The highest BCUT2D eigenvalue weighted by Gasteiger charge is 2.07. The molecular weight excluding hydrogens is 190 g/mol. The largest absolute Gasteiger partial charge is 0.334 e. The van der Waals surface area contributed by atoms with Gasteiger partial charge in [0.1, 0.15) is 0 Å². The molecule has 0 atom stereocenters. The summed E-state index contributed by atoms with van der Waals surface area (Å²) in [7, 11) is 1.87. The van der Waals surface area contributed by atoms with E-state index in [-0.39, 0.29) is 12.2 Å². The molecule has 0 saturated heterocycles. The van der Waals surface area contributed by atoms with E-state index in [0.717, 1.165) is 11.0 Å². The average molecular weight is 199 g/mol. The molecule has 2 rings (SSSR count). The lowest BCUT2D eigenvalue weighted by molar-refractivity contribution is 0.0998. The van der Waals surface area contributed by atoms with Gasteiger partial charge in [-0.1, -0.05) is 0 Å². The number of aromatic nitrogens is 2. The Labute approximate surface area is 86.8 Å². The summed E-state index contributed by atoms with van der Waals surface area (Å²) in [6.45, 7) is 0. The molecule has 0 amide bonds. The second-order valence-corrected chi connectivity index (χ2v) is 3.32. The minimum absolute atomic E-state index is 0.0800. The monoisotopic (exact) mass is 199 g/mol. The van der Waals surface area contributed by atoms with Crippen molar-refractivity contribution in [3.8, 4) is 6.07 Å². The molecule has 2 aromatic rings. The predicted molar refractivity (Wildman–Crippen MR) is 55.3 cm³/mol. The van der Waals surface area contributed by atoms with Crippen molar-refractivity contribution in [2.24, 2.45) is 7.05 Å². The molecule has 4 nitrogen and oxygen atoms in total. The molecule has 0 saturated carbocycles. The summed E-state index contributed by atoms with van der Waals surface area (Å²) in [5, 5.41) is 8.44. The number of hydrogen-bond acceptors (Lipinski definition) is 3. The summed E-state index contributed by atoms with van der Waals surface area (Å²) in [6.07, 6.45) is 1.62. The molecular formula is C11H9N3O. The van der Waals surface area contributed by atoms with Gasteiger partial charge in [-0.05, 0) is 18.2 Å². The predicted octanol–water partition coefficient (Wildman–Crippen LogP) is 1.67. The summed E-state index contributed by atoms with van der Waals surface area (Å²) in [4.78, 5) is 15.6. The molecule has 1 heterocycles. The molecule has 0 aliphatic rings. The second kappa shape index (κ2) is 3.54. The molecule has 74 valence electrons. The number of benzene rings is 1. The quantitative estimate of drug-likeness (QED) is 0.691. The van der Waals surface area contributed by atoms with Gasteiger partial charge in [-0.3, -0.25) is 4.79 Å². The number of imidazole rings is 1. The summed E-state index contributed by atoms with van der Waals surface area (Å²) >= 11 is 0. The fourth-order valence-electron chi connectivity index (χ4n) is 1.47. The van der Waals surface area contributed by atoms with Crippen LogP contribution in [0.4, 0.5) is 0 Å². The van der Waals surface area contributed by atoms with Crippen LogP contribution in [0, 0.1) is 11.3 Å². The van der Waals surface area contributed by atoms with E-state index in [1.165, 1.54) is 0 Å². The maximum atomic E-state index is 11.5. The average Bonchev–Trinajstić information content (AvgIpc) is 2.60. The Balaban J connectivity index is 2.51. The van der Waals surface area contributed by atoms with Crippen molar-refractivity contribution >= 4 is 16.8 Å². The van der Waals surface area contributed by atoms with Crippen LogP contribution in [0.25, 0.3) is 11.0 Å². The van der Waals surface area contributed by atoms with Gasteiger partial charge in [0.2, 0.25) is 0 Å². The SMILES string of the molecule is Cn1cnc2ccc(C(=O)CC#N)cc21. The molecule has 0 bridgehead atoms. The van der Waals surface area contributed by atoms with E-state index < -0.39 is 0 Å². The Kier molecular flexibility index (Phi) is 2.22. The van der Waals surface area contributed by atoms with Crippen molar-refractivity contribution in [3.63, 3.8) is 0 Å². The minimum atomic E-state index is -0.152. The number of rotatable bonds is 2. The number of carbonyl (C=O) groups excluding carboxylic acids is 1. The van der Waals surface area contributed by atoms with Crippen LogP contribution < -0.4 is 0 Å². The lowest BCUT2D eigenvalue weighted by Gasteiger charge is -1.98. The maximum absolute atomic E-state index is 11.5. The van der Waals surface area contributed by atoms with E-state index in [2.05, 4.69) is 4.98 Å². The third-order valence-electron chi connectivity index (χ3n) is 2.29. The van der Waals surface area contributed by atoms with Gasteiger partial charge in [-0.2, -0.15) is 5.26 Å². The lowest BCUT2D eigenvalue weighted by atomic mass is 10.1. The summed E-state index contributed by atoms with van der Waals surface area (Å²) < 4.78 is 1.85. The van der Waals surface area contributed by atoms with Gasteiger partial charge in [0.25, 0.3) is 0 Å². The van der Waals surface area contributed by atoms with Crippen LogP contribution >= 0.6 is 0 Å². The van der Waals surface area contributed by atoms with Crippen LogP contribution in [0.15, 0.2) is 24.5 Å². The van der Waals surface area contributed by atoms with E-state index in [9.17, 15) is 4.79 Å². The van der Waals surface area contributed by atoms with Crippen LogP contribution in [0.2, 0.25) is 0 Å². The van der Waals surface area contributed by atoms with E-state index in [1.54, 1.807) is 24.5 Å². The zero-order valence-electron chi connectivity index (χ0n) is 8.27. The molecule has 1 aromatic heterocycles. The van der Waals surface area contributed by atoms with E-state index in [1.807, 2.05) is 17.7 Å². The number of carbonyl (C=O) groups is 1. The van der Waals surface area contributed by atoms with Crippen LogP contribution in [0.3, 0.4) is 0 Å². The lowest BCUT2D eigenvalue weighted by Crippen LogP contribution is -1.97. The third kappa shape index (κ3) is 1.59. The van der Waals surface area contributed by atoms with Gasteiger partial charge in [0.05, 0.1) is 29.9 Å². The Hall–Kier alpha value is -2.15. The first-order chi connectivity index (χ1) is 7.22. The van der Waals surface area contributed by atoms with Crippen molar-refractivity contribution in [2.75, 3.05) is 0 Å². The van der Waals surface area contributed by atoms with Crippen LogP contribution in [-0.4, -0.2) is 15.3 Å². The van der Waals surface area contributed by atoms with Gasteiger partial charge >= 0.3 is 0 Å². The number of ketones is 1. The first kappa shape index (κ1) is 9.41. The fraction of sp³-hybridized carbons (Fsp3) is 0.182. The fourth-order valence-corrected chi connectivity index (χ4v) is 1.47. The summed E-state index contributed by atoms with van der Waals surface area (Å²) in [5.41, 5.74) is 2.32. The summed E-state index contributed by atoms with van der Waals surface area (Å²) in [6, 6.07) is 7.11. The van der Waals surface area contributed by atoms with Crippen molar-refractivity contribution in [3.05, 3.63) is 30.1 Å². The van der Waals surface area contributed by atoms with Crippen molar-refractivity contribution in [1.82, 2.24) is 9.55 Å². The number of aryl methyl sites for hydroxylation is 1. The first-order valence-corrected chi connectivity index (χ1v) is 4.53. The second-order valence-electron chi connectivity index (χ2n) is 3.32. The molecule has 0 N–H and O–H groups in total. The number of nitrogens with zero attached hydrogens (tertiary/aromatic N) is 3. The molecule has 0 radical (unpaired) electrons. The normalized spacial score (nSPS) is 10.1. The van der Waals surface area contributed by atoms with E-state index >= 15 is 0 Å². The van der Waals surface area contributed by atoms with Crippen molar-refractivity contribution < 1.29 is 4.79 Å². The topological polar surface area (TPSA) is 58.7 Å². The number of nitriles is 1. The molecule has 0 spiro atoms. The van der Waals surface area contributed by atoms with Crippen LogP contribution in [-0.2, 0) is 7.05 Å². The zero-order valence-corrected chi connectivity index (χ0v) is 8.27. The van der Waals surface area contributed by atoms with E-state index in [4.69, 9.17) is 5.26 Å². The zero-order chi connectivity index (χ0) is 10.8. The third-order valence-corrected chi connectivity index (χ3v) is 2.29.